The van der Waals surface area contributed by atoms with E-state index in [1.165, 1.54) is 0 Å². The minimum Gasteiger partial charge on any atom is -0.387 e. The molecular formula is C17H22N2O2. The summed E-state index contributed by atoms with van der Waals surface area (Å²) in [6, 6.07) is 1.99. The van der Waals surface area contributed by atoms with Gasteiger partial charge in [0, 0.05) is 5.56 Å². The number of aliphatic imine (C=N–C) groups is 1. The summed E-state index contributed by atoms with van der Waals surface area (Å²) in [4.78, 5) is 14.7. The van der Waals surface area contributed by atoms with Gasteiger partial charge in [-0.1, -0.05) is 41.5 Å². The molecule has 0 bridgehead atoms. The summed E-state index contributed by atoms with van der Waals surface area (Å²) in [5.41, 5.74) is 3.34. The smallest absolute Gasteiger partial charge is 0.292 e. The number of ether oxygens (including phenoxy) is 1. The lowest BCUT2D eigenvalue weighted by Gasteiger charge is -2.22. The summed E-state index contributed by atoms with van der Waals surface area (Å²) in [7, 11) is 0. The lowest BCUT2D eigenvalue weighted by molar-refractivity contribution is 0.485. The van der Waals surface area contributed by atoms with Crippen LogP contribution in [0.1, 0.15) is 76.0 Å². The van der Waals surface area contributed by atoms with Gasteiger partial charge in [0.05, 0.1) is 5.69 Å². The molecule has 4 nitrogen and oxygen atoms in total. The number of nitriles is 1. The van der Waals surface area contributed by atoms with Gasteiger partial charge >= 0.3 is 0 Å². The Bertz CT molecular complexity index is 604. The summed E-state index contributed by atoms with van der Waals surface area (Å²) in [5, 5.41) is 8.95. The summed E-state index contributed by atoms with van der Waals surface area (Å²) >= 11 is 0. The van der Waals surface area contributed by atoms with Crippen molar-refractivity contribution in [3.05, 3.63) is 22.8 Å². The van der Waals surface area contributed by atoms with E-state index in [1.807, 2.05) is 19.9 Å². The molecule has 0 N–H and O–H groups in total. The molecule has 0 atom stereocenters. The standard InChI is InChI=1S/C17H22N2O2/c1-10(2)13-7-14(11(3)4)17(21-8-18)15(12(5)6)16(13)19-9-20/h7,10-12H,1-6H3. The first-order chi connectivity index (χ1) is 9.84. The second-order valence-electron chi connectivity index (χ2n) is 6.01. The van der Waals surface area contributed by atoms with E-state index in [-0.39, 0.29) is 17.8 Å². The minimum absolute atomic E-state index is 0.0802. The number of hydrogen-bond acceptors (Lipinski definition) is 4. The number of benzene rings is 1. The molecule has 0 aliphatic heterocycles. The largest absolute Gasteiger partial charge is 0.387 e. The highest BCUT2D eigenvalue weighted by Gasteiger charge is 2.24. The molecule has 1 aromatic rings. The highest BCUT2D eigenvalue weighted by molar-refractivity contribution is 5.68. The van der Waals surface area contributed by atoms with Gasteiger partial charge in [-0.15, -0.1) is 5.26 Å². The van der Waals surface area contributed by atoms with Crippen molar-refractivity contribution in [3.8, 4) is 12.0 Å². The van der Waals surface area contributed by atoms with Crippen molar-refractivity contribution in [1.82, 2.24) is 0 Å². The fraction of sp³-hybridized carbons (Fsp3) is 0.529. The van der Waals surface area contributed by atoms with Crippen molar-refractivity contribution >= 4 is 11.8 Å². The van der Waals surface area contributed by atoms with Gasteiger partial charge in [-0.05, 0) is 34.9 Å². The number of hydrogen-bond donors (Lipinski definition) is 0. The zero-order valence-corrected chi connectivity index (χ0v) is 13.5. The zero-order chi connectivity index (χ0) is 16.2. The molecule has 0 aliphatic carbocycles. The van der Waals surface area contributed by atoms with Crippen LogP contribution >= 0.6 is 0 Å². The average Bonchev–Trinajstić information content (AvgIpc) is 2.38. The van der Waals surface area contributed by atoms with Gasteiger partial charge in [0.25, 0.3) is 6.26 Å². The van der Waals surface area contributed by atoms with Crippen molar-refractivity contribution in [1.29, 1.82) is 5.26 Å². The Kier molecular flexibility index (Phi) is 5.69. The van der Waals surface area contributed by atoms with Gasteiger partial charge in [0.2, 0.25) is 6.08 Å². The van der Waals surface area contributed by atoms with Gasteiger partial charge in [0.1, 0.15) is 0 Å². The molecule has 1 aromatic carbocycles. The second-order valence-corrected chi connectivity index (χ2v) is 6.01. The Hall–Kier alpha value is -2.11. The van der Waals surface area contributed by atoms with E-state index in [9.17, 15) is 4.79 Å². The van der Waals surface area contributed by atoms with E-state index in [2.05, 4.69) is 32.7 Å². The van der Waals surface area contributed by atoms with Crippen molar-refractivity contribution in [2.45, 2.75) is 59.3 Å². The van der Waals surface area contributed by atoms with E-state index in [4.69, 9.17) is 10.00 Å². The summed E-state index contributed by atoms with van der Waals surface area (Å²) in [6.07, 6.45) is 3.38. The first-order valence-electron chi connectivity index (χ1n) is 7.19. The van der Waals surface area contributed by atoms with Crippen LogP contribution in [-0.2, 0) is 4.79 Å². The van der Waals surface area contributed by atoms with Crippen LogP contribution in [0.15, 0.2) is 11.1 Å². The van der Waals surface area contributed by atoms with Crippen molar-refractivity contribution < 1.29 is 9.53 Å². The zero-order valence-electron chi connectivity index (χ0n) is 13.5. The normalized spacial score (nSPS) is 10.7. The fourth-order valence-corrected chi connectivity index (χ4v) is 2.45. The van der Waals surface area contributed by atoms with Crippen LogP contribution in [0, 0.1) is 11.5 Å². The minimum atomic E-state index is 0.0802. The Morgan fingerprint density at radius 1 is 1.05 bits per heavy atom. The molecule has 0 amide bonds. The van der Waals surface area contributed by atoms with Gasteiger partial charge in [-0.25, -0.2) is 4.79 Å². The van der Waals surface area contributed by atoms with Crippen LogP contribution < -0.4 is 4.74 Å². The molecule has 0 aromatic heterocycles. The Morgan fingerprint density at radius 2 is 1.62 bits per heavy atom. The SMILES string of the molecule is CC(C)c1cc(C(C)C)c(OC#N)c(C(C)C)c1N=C=O. The van der Waals surface area contributed by atoms with Crippen molar-refractivity contribution in [3.63, 3.8) is 0 Å². The van der Waals surface area contributed by atoms with Gasteiger partial charge in [-0.2, -0.15) is 4.99 Å². The second kappa shape index (κ2) is 7.06. The predicted molar refractivity (Wildman–Crippen MR) is 82.7 cm³/mol. The molecular weight excluding hydrogens is 264 g/mol. The molecule has 0 spiro atoms. The molecule has 21 heavy (non-hydrogen) atoms. The number of nitrogens with zero attached hydrogens (tertiary/aromatic N) is 2. The van der Waals surface area contributed by atoms with Crippen molar-refractivity contribution in [2.24, 2.45) is 4.99 Å². The van der Waals surface area contributed by atoms with Gasteiger partial charge in [0.15, 0.2) is 5.75 Å². The molecule has 1 rings (SSSR count). The Balaban J connectivity index is 3.89. The van der Waals surface area contributed by atoms with E-state index in [0.717, 1.165) is 16.7 Å². The molecule has 0 heterocycles. The van der Waals surface area contributed by atoms with E-state index < -0.39 is 0 Å². The maximum Gasteiger partial charge on any atom is 0.292 e. The molecule has 0 fully saturated rings. The lowest BCUT2D eigenvalue weighted by Crippen LogP contribution is -2.05. The first-order valence-corrected chi connectivity index (χ1v) is 7.19. The number of isocyanates is 1. The summed E-state index contributed by atoms with van der Waals surface area (Å²) in [5.74, 6) is 1.03. The predicted octanol–water partition coefficient (Wildman–Crippen LogP) is 4.88. The van der Waals surface area contributed by atoms with E-state index in [1.54, 1.807) is 12.3 Å². The molecule has 112 valence electrons. The van der Waals surface area contributed by atoms with Crippen LogP contribution in [0.5, 0.6) is 5.75 Å². The van der Waals surface area contributed by atoms with Crippen LogP contribution in [0.4, 0.5) is 5.69 Å². The molecule has 0 aliphatic rings. The highest BCUT2D eigenvalue weighted by atomic mass is 16.5. The van der Waals surface area contributed by atoms with Gasteiger partial charge in [-0.3, -0.25) is 0 Å². The van der Waals surface area contributed by atoms with E-state index >= 15 is 0 Å². The monoisotopic (exact) mass is 286 g/mol. The molecule has 0 unspecified atom stereocenters. The highest BCUT2D eigenvalue weighted by Crippen LogP contribution is 2.45. The molecule has 0 saturated heterocycles. The average molecular weight is 286 g/mol. The summed E-state index contributed by atoms with van der Waals surface area (Å²) in [6.45, 7) is 12.2. The van der Waals surface area contributed by atoms with Crippen LogP contribution in [0.25, 0.3) is 0 Å². The maximum atomic E-state index is 10.8. The van der Waals surface area contributed by atoms with Crippen molar-refractivity contribution in [2.75, 3.05) is 0 Å². The quantitative estimate of drug-likeness (QED) is 0.440. The van der Waals surface area contributed by atoms with Crippen LogP contribution in [-0.4, -0.2) is 6.08 Å². The number of carbonyl (C=O) groups excluding carboxylic acids is 1. The van der Waals surface area contributed by atoms with Gasteiger partial charge < -0.3 is 4.74 Å². The topological polar surface area (TPSA) is 62.4 Å². The van der Waals surface area contributed by atoms with E-state index in [0.29, 0.717) is 11.4 Å². The third-order valence-corrected chi connectivity index (χ3v) is 3.47. The Labute approximate surface area is 126 Å². The molecule has 0 radical (unpaired) electrons. The molecule has 4 heteroatoms. The Morgan fingerprint density at radius 3 is 2.00 bits per heavy atom. The maximum absolute atomic E-state index is 10.8. The first kappa shape index (κ1) is 16.9. The lowest BCUT2D eigenvalue weighted by atomic mass is 9.86. The molecule has 0 saturated carbocycles. The van der Waals surface area contributed by atoms with Crippen LogP contribution in [0.3, 0.4) is 0 Å². The number of rotatable bonds is 5. The summed E-state index contributed by atoms with van der Waals surface area (Å²) < 4.78 is 5.23. The third kappa shape index (κ3) is 3.51. The third-order valence-electron chi connectivity index (χ3n) is 3.47. The van der Waals surface area contributed by atoms with Crippen LogP contribution in [0.2, 0.25) is 0 Å². The fourth-order valence-electron chi connectivity index (χ4n) is 2.45.